The largest absolute Gasteiger partial charge is 0.460 e. The van der Waals surface area contributed by atoms with Gasteiger partial charge in [0, 0.05) is 6.54 Å². The van der Waals surface area contributed by atoms with E-state index in [2.05, 4.69) is 4.72 Å². The Balaban J connectivity index is 1.63. The van der Waals surface area contributed by atoms with E-state index >= 15 is 0 Å². The van der Waals surface area contributed by atoms with Crippen LogP contribution in [0.5, 0.6) is 0 Å². The number of imide groups is 1. The van der Waals surface area contributed by atoms with Crippen LogP contribution in [0, 0.1) is 0 Å². The first kappa shape index (κ1) is 19.7. The molecule has 2 aromatic carbocycles. The zero-order valence-electron chi connectivity index (χ0n) is 15.0. The number of carbonyl (C=O) groups excluding carboxylic acids is 3. The number of amides is 2. The van der Waals surface area contributed by atoms with E-state index in [0.717, 1.165) is 4.90 Å². The van der Waals surface area contributed by atoms with Gasteiger partial charge in [0.1, 0.15) is 6.61 Å². The molecule has 2 aromatic rings. The van der Waals surface area contributed by atoms with Gasteiger partial charge in [-0.2, -0.15) is 0 Å². The minimum absolute atomic E-state index is 0.0517. The zero-order valence-corrected chi connectivity index (χ0v) is 15.9. The first-order chi connectivity index (χ1) is 13.3. The fourth-order valence-corrected chi connectivity index (χ4v) is 3.91. The maximum Gasteiger partial charge on any atom is 0.338 e. The van der Waals surface area contributed by atoms with Crippen molar-refractivity contribution in [3.8, 4) is 0 Å². The highest BCUT2D eigenvalue weighted by Gasteiger charge is 2.34. The van der Waals surface area contributed by atoms with Gasteiger partial charge in [0.25, 0.3) is 11.8 Å². The number of benzene rings is 2. The van der Waals surface area contributed by atoms with Crippen molar-refractivity contribution in [3.05, 3.63) is 65.2 Å². The van der Waals surface area contributed by atoms with Crippen molar-refractivity contribution in [1.82, 2.24) is 9.62 Å². The lowest BCUT2D eigenvalue weighted by molar-refractivity contribution is 0.0420. The minimum Gasteiger partial charge on any atom is -0.460 e. The summed E-state index contributed by atoms with van der Waals surface area (Å²) in [6.45, 7) is 1.58. The summed E-state index contributed by atoms with van der Waals surface area (Å²) in [5, 5.41) is 0. The molecule has 1 aliphatic rings. The molecule has 3 rings (SSSR count). The Kier molecular flexibility index (Phi) is 5.57. The van der Waals surface area contributed by atoms with Crippen molar-refractivity contribution in [2.24, 2.45) is 0 Å². The quantitative estimate of drug-likeness (QED) is 0.554. The number of carbonyl (C=O) groups is 3. The van der Waals surface area contributed by atoms with Gasteiger partial charge < -0.3 is 4.74 Å². The Morgan fingerprint density at radius 1 is 1.04 bits per heavy atom. The molecule has 0 aliphatic carbocycles. The summed E-state index contributed by atoms with van der Waals surface area (Å²) < 4.78 is 31.5. The van der Waals surface area contributed by atoms with Crippen molar-refractivity contribution >= 4 is 27.8 Å². The van der Waals surface area contributed by atoms with Crippen LogP contribution in [0.3, 0.4) is 0 Å². The summed E-state index contributed by atoms with van der Waals surface area (Å²) in [4.78, 5) is 37.7. The van der Waals surface area contributed by atoms with E-state index in [1.54, 1.807) is 31.2 Å². The molecule has 1 heterocycles. The number of ether oxygens (including phenoxy) is 1. The number of nitrogens with one attached hydrogen (secondary N) is 1. The van der Waals surface area contributed by atoms with Crippen LogP contribution < -0.4 is 4.72 Å². The van der Waals surface area contributed by atoms with Gasteiger partial charge in [-0.25, -0.2) is 17.9 Å². The number of esters is 1. The van der Waals surface area contributed by atoms with Crippen LogP contribution in [-0.4, -0.2) is 50.8 Å². The molecule has 1 aliphatic heterocycles. The predicted molar refractivity (Wildman–Crippen MR) is 99.4 cm³/mol. The topological polar surface area (TPSA) is 110 Å². The van der Waals surface area contributed by atoms with Crippen LogP contribution in [0.4, 0.5) is 0 Å². The molecule has 0 fully saturated rings. The summed E-state index contributed by atoms with van der Waals surface area (Å²) in [5.74, 6) is -1.61. The second-order valence-electron chi connectivity index (χ2n) is 5.97. The number of fused-ring (bicyclic) bond motifs is 1. The molecule has 1 N–H and O–H groups in total. The molecule has 0 saturated carbocycles. The summed E-state index contributed by atoms with van der Waals surface area (Å²) in [6, 6.07) is 11.9. The second kappa shape index (κ2) is 7.91. The standard InChI is InChI=1S/C19H18N2O6S/c1-2-20-28(25,26)14-7-5-6-13(12-14)19(24)27-11-10-21-17(22)15-8-3-4-9-16(15)18(21)23/h3-9,12,20H,2,10-11H2,1H3. The molecule has 8 nitrogen and oxygen atoms in total. The second-order valence-corrected chi connectivity index (χ2v) is 7.74. The molecule has 0 bridgehead atoms. The third-order valence-electron chi connectivity index (χ3n) is 4.14. The normalized spacial score (nSPS) is 13.5. The van der Waals surface area contributed by atoms with Gasteiger partial charge in [-0.05, 0) is 30.3 Å². The molecular formula is C19H18N2O6S. The van der Waals surface area contributed by atoms with Crippen molar-refractivity contribution in [3.63, 3.8) is 0 Å². The van der Waals surface area contributed by atoms with Gasteiger partial charge in [0.2, 0.25) is 10.0 Å². The number of sulfonamides is 1. The Morgan fingerprint density at radius 2 is 1.68 bits per heavy atom. The van der Waals surface area contributed by atoms with E-state index in [4.69, 9.17) is 4.74 Å². The molecule has 0 saturated heterocycles. The van der Waals surface area contributed by atoms with E-state index in [0.29, 0.717) is 11.1 Å². The Hall–Kier alpha value is -3.04. The van der Waals surface area contributed by atoms with Gasteiger partial charge in [-0.3, -0.25) is 14.5 Å². The number of nitrogens with zero attached hydrogens (tertiary/aromatic N) is 1. The Labute approximate surface area is 162 Å². The SMILES string of the molecule is CCNS(=O)(=O)c1cccc(C(=O)OCCN2C(=O)c3ccccc3C2=O)c1. The molecule has 0 unspecified atom stereocenters. The molecule has 146 valence electrons. The lowest BCUT2D eigenvalue weighted by atomic mass is 10.1. The Morgan fingerprint density at radius 3 is 2.29 bits per heavy atom. The van der Waals surface area contributed by atoms with Crippen molar-refractivity contribution in [2.75, 3.05) is 19.7 Å². The fraction of sp³-hybridized carbons (Fsp3) is 0.211. The monoisotopic (exact) mass is 402 g/mol. The van der Waals surface area contributed by atoms with Crippen LogP contribution in [0.1, 0.15) is 38.0 Å². The zero-order chi connectivity index (χ0) is 20.3. The first-order valence-corrected chi connectivity index (χ1v) is 10.1. The lowest BCUT2D eigenvalue weighted by Crippen LogP contribution is -2.33. The highest BCUT2D eigenvalue weighted by molar-refractivity contribution is 7.89. The molecule has 0 radical (unpaired) electrons. The number of hydrogen-bond acceptors (Lipinski definition) is 6. The van der Waals surface area contributed by atoms with E-state index in [9.17, 15) is 22.8 Å². The molecule has 0 aromatic heterocycles. The Bertz CT molecular complexity index is 1010. The van der Waals surface area contributed by atoms with Crippen molar-refractivity contribution in [2.45, 2.75) is 11.8 Å². The smallest absolute Gasteiger partial charge is 0.338 e. The van der Waals surface area contributed by atoms with Crippen LogP contribution >= 0.6 is 0 Å². The molecule has 2 amide bonds. The summed E-state index contributed by atoms with van der Waals surface area (Å²) in [7, 11) is -3.70. The molecule has 0 spiro atoms. The van der Waals surface area contributed by atoms with Crippen molar-refractivity contribution < 1.29 is 27.5 Å². The van der Waals surface area contributed by atoms with E-state index in [-0.39, 0.29) is 30.2 Å². The fourth-order valence-electron chi connectivity index (χ4n) is 2.82. The van der Waals surface area contributed by atoms with Crippen LogP contribution in [0.2, 0.25) is 0 Å². The minimum atomic E-state index is -3.70. The third-order valence-corrected chi connectivity index (χ3v) is 5.68. The van der Waals surface area contributed by atoms with Crippen LogP contribution in [-0.2, 0) is 14.8 Å². The number of rotatable bonds is 7. The molecule has 9 heteroatoms. The van der Waals surface area contributed by atoms with E-state index < -0.39 is 27.8 Å². The summed E-state index contributed by atoms with van der Waals surface area (Å²) in [5.41, 5.74) is 0.696. The maximum atomic E-state index is 12.3. The maximum absolute atomic E-state index is 12.3. The van der Waals surface area contributed by atoms with Gasteiger partial charge in [-0.15, -0.1) is 0 Å². The average molecular weight is 402 g/mol. The molecular weight excluding hydrogens is 384 g/mol. The van der Waals surface area contributed by atoms with Gasteiger partial charge in [-0.1, -0.05) is 25.1 Å². The summed E-state index contributed by atoms with van der Waals surface area (Å²) >= 11 is 0. The highest BCUT2D eigenvalue weighted by atomic mass is 32.2. The molecule has 28 heavy (non-hydrogen) atoms. The third kappa shape index (κ3) is 3.80. The highest BCUT2D eigenvalue weighted by Crippen LogP contribution is 2.22. The predicted octanol–water partition coefficient (Wildman–Crippen LogP) is 1.44. The first-order valence-electron chi connectivity index (χ1n) is 8.57. The lowest BCUT2D eigenvalue weighted by Gasteiger charge is -2.14. The average Bonchev–Trinajstić information content (AvgIpc) is 2.93. The molecule has 0 atom stereocenters. The van der Waals surface area contributed by atoms with Crippen molar-refractivity contribution in [1.29, 1.82) is 0 Å². The van der Waals surface area contributed by atoms with Gasteiger partial charge in [0.05, 0.1) is 28.1 Å². The van der Waals surface area contributed by atoms with Crippen LogP contribution in [0.15, 0.2) is 53.4 Å². The van der Waals surface area contributed by atoms with E-state index in [1.165, 1.54) is 24.3 Å². The van der Waals surface area contributed by atoms with Crippen LogP contribution in [0.25, 0.3) is 0 Å². The number of hydrogen-bond donors (Lipinski definition) is 1. The van der Waals surface area contributed by atoms with Gasteiger partial charge in [0.15, 0.2) is 0 Å². The van der Waals surface area contributed by atoms with E-state index in [1.807, 2.05) is 0 Å². The van der Waals surface area contributed by atoms with Gasteiger partial charge >= 0.3 is 5.97 Å². The summed E-state index contributed by atoms with van der Waals surface area (Å²) in [6.07, 6.45) is 0.